The number of nitrogens with one attached hydrogen (secondary N) is 2. The first-order chi connectivity index (χ1) is 11.7. The van der Waals surface area contributed by atoms with Gasteiger partial charge in [0.25, 0.3) is 0 Å². The highest BCUT2D eigenvalue weighted by molar-refractivity contribution is 6.30. The maximum Gasteiger partial charge on any atom is 0.418 e. The van der Waals surface area contributed by atoms with Gasteiger partial charge in [-0.25, -0.2) is 8.78 Å². The molecule has 0 aliphatic rings. The summed E-state index contributed by atoms with van der Waals surface area (Å²) in [5.74, 6) is -2.42. The van der Waals surface area contributed by atoms with Crippen LogP contribution in [-0.2, 0) is 11.0 Å². The van der Waals surface area contributed by atoms with Crippen LogP contribution in [0.5, 0.6) is 0 Å². The number of carbonyl (C=O) groups is 1. The summed E-state index contributed by atoms with van der Waals surface area (Å²) >= 11 is 5.55. The molecule has 25 heavy (non-hydrogen) atoms. The van der Waals surface area contributed by atoms with Crippen molar-refractivity contribution in [2.24, 2.45) is 0 Å². The fraction of sp³-hybridized carbons (Fsp3) is 0.188. The Morgan fingerprint density at radius 2 is 1.72 bits per heavy atom. The quantitative estimate of drug-likeness (QED) is 0.712. The van der Waals surface area contributed by atoms with E-state index in [9.17, 15) is 26.7 Å². The van der Waals surface area contributed by atoms with Crippen molar-refractivity contribution in [2.45, 2.75) is 12.6 Å². The zero-order valence-corrected chi connectivity index (χ0v) is 13.3. The van der Waals surface area contributed by atoms with Gasteiger partial charge >= 0.3 is 6.18 Å². The number of anilines is 2. The maximum absolute atomic E-state index is 13.4. The van der Waals surface area contributed by atoms with Gasteiger partial charge < -0.3 is 10.6 Å². The van der Waals surface area contributed by atoms with E-state index in [0.29, 0.717) is 6.07 Å². The molecule has 0 fully saturated rings. The predicted molar refractivity (Wildman–Crippen MR) is 84.5 cm³/mol. The number of benzene rings is 2. The Labute approximate surface area is 144 Å². The number of hydrogen-bond acceptors (Lipinski definition) is 2. The highest BCUT2D eigenvalue weighted by Gasteiger charge is 2.34. The fourth-order valence-corrected chi connectivity index (χ4v) is 2.21. The minimum absolute atomic E-state index is 0.123. The molecule has 0 bridgehead atoms. The molecule has 9 heteroatoms. The van der Waals surface area contributed by atoms with E-state index >= 15 is 0 Å². The van der Waals surface area contributed by atoms with Crippen molar-refractivity contribution in [1.82, 2.24) is 0 Å². The standard InChI is InChI=1S/C16H12ClF5N2O/c17-9-4-5-13(10(8-9)16(20,21)22)24-14(25)6-7-23-15-11(18)2-1-3-12(15)19/h1-5,8,23H,6-7H2,(H,24,25). The summed E-state index contributed by atoms with van der Waals surface area (Å²) in [6.45, 7) is -0.168. The Balaban J connectivity index is 2.00. The lowest BCUT2D eigenvalue weighted by molar-refractivity contribution is -0.137. The molecule has 0 unspecified atom stereocenters. The van der Waals surface area contributed by atoms with Crippen LogP contribution in [0.25, 0.3) is 0 Å². The number of alkyl halides is 3. The van der Waals surface area contributed by atoms with E-state index in [-0.39, 0.29) is 18.0 Å². The molecule has 2 aromatic rings. The van der Waals surface area contributed by atoms with Crippen LogP contribution in [0.2, 0.25) is 5.02 Å². The van der Waals surface area contributed by atoms with Crippen LogP contribution in [0.1, 0.15) is 12.0 Å². The second-order valence-electron chi connectivity index (χ2n) is 5.01. The number of carbonyl (C=O) groups excluding carboxylic acids is 1. The van der Waals surface area contributed by atoms with Crippen LogP contribution in [0, 0.1) is 11.6 Å². The molecule has 0 atom stereocenters. The van der Waals surface area contributed by atoms with Crippen molar-refractivity contribution >= 4 is 28.9 Å². The van der Waals surface area contributed by atoms with E-state index in [2.05, 4.69) is 10.6 Å². The molecule has 0 saturated carbocycles. The third-order valence-electron chi connectivity index (χ3n) is 3.18. The van der Waals surface area contributed by atoms with Gasteiger partial charge in [0.15, 0.2) is 0 Å². The van der Waals surface area contributed by atoms with Gasteiger partial charge in [-0.05, 0) is 30.3 Å². The van der Waals surface area contributed by atoms with Gasteiger partial charge in [0.1, 0.15) is 17.3 Å². The second kappa shape index (κ2) is 7.69. The van der Waals surface area contributed by atoms with Gasteiger partial charge in [0.05, 0.1) is 11.3 Å². The van der Waals surface area contributed by atoms with Crippen molar-refractivity contribution in [1.29, 1.82) is 0 Å². The molecule has 0 radical (unpaired) electrons. The van der Waals surface area contributed by atoms with Gasteiger partial charge in [0, 0.05) is 18.0 Å². The topological polar surface area (TPSA) is 41.1 Å². The van der Waals surface area contributed by atoms with E-state index in [0.717, 1.165) is 18.2 Å². The summed E-state index contributed by atoms with van der Waals surface area (Å²) in [6, 6.07) is 6.20. The molecule has 134 valence electrons. The molecular formula is C16H12ClF5N2O. The van der Waals surface area contributed by atoms with Crippen LogP contribution in [0.3, 0.4) is 0 Å². The Morgan fingerprint density at radius 3 is 2.32 bits per heavy atom. The normalized spacial score (nSPS) is 11.3. The molecular weight excluding hydrogens is 367 g/mol. The molecule has 0 spiro atoms. The first kappa shape index (κ1) is 19.0. The number of amides is 1. The Morgan fingerprint density at radius 1 is 1.08 bits per heavy atom. The summed E-state index contributed by atoms with van der Waals surface area (Å²) in [6.07, 6.45) is -4.99. The molecule has 2 rings (SSSR count). The van der Waals surface area contributed by atoms with E-state index in [1.54, 1.807) is 0 Å². The van der Waals surface area contributed by atoms with Gasteiger partial charge in [0.2, 0.25) is 5.91 Å². The molecule has 2 aromatic carbocycles. The lowest BCUT2D eigenvalue weighted by atomic mass is 10.1. The molecule has 0 aliphatic heterocycles. The molecule has 0 saturated heterocycles. The van der Waals surface area contributed by atoms with Crippen LogP contribution in [0.15, 0.2) is 36.4 Å². The Kier molecular flexibility index (Phi) is 5.84. The minimum Gasteiger partial charge on any atom is -0.380 e. The van der Waals surface area contributed by atoms with E-state index in [4.69, 9.17) is 11.6 Å². The number of para-hydroxylation sites is 1. The average molecular weight is 379 g/mol. The summed E-state index contributed by atoms with van der Waals surface area (Å²) < 4.78 is 65.6. The van der Waals surface area contributed by atoms with Crippen molar-refractivity contribution in [3.63, 3.8) is 0 Å². The third-order valence-corrected chi connectivity index (χ3v) is 3.41. The highest BCUT2D eigenvalue weighted by atomic mass is 35.5. The number of hydrogen-bond donors (Lipinski definition) is 2. The van der Waals surface area contributed by atoms with Crippen molar-refractivity contribution in [3.05, 3.63) is 58.6 Å². The largest absolute Gasteiger partial charge is 0.418 e. The molecule has 2 N–H and O–H groups in total. The molecule has 1 amide bonds. The molecule has 0 heterocycles. The van der Waals surface area contributed by atoms with Crippen molar-refractivity contribution in [2.75, 3.05) is 17.2 Å². The monoisotopic (exact) mass is 378 g/mol. The Hall–Kier alpha value is -2.35. The summed E-state index contributed by atoms with van der Waals surface area (Å²) in [5, 5.41) is 4.39. The van der Waals surface area contributed by atoms with Gasteiger partial charge in [-0.3, -0.25) is 4.79 Å². The number of rotatable bonds is 5. The zero-order chi connectivity index (χ0) is 18.6. The predicted octanol–water partition coefficient (Wildman–Crippen LogP) is 5.08. The van der Waals surface area contributed by atoms with E-state index in [1.165, 1.54) is 12.1 Å². The molecule has 0 aromatic heterocycles. The first-order valence-electron chi connectivity index (χ1n) is 7.03. The van der Waals surface area contributed by atoms with Gasteiger partial charge in [-0.15, -0.1) is 0 Å². The number of halogens is 6. The summed E-state index contributed by atoms with van der Waals surface area (Å²) in [5.41, 5.74) is -1.93. The van der Waals surface area contributed by atoms with Crippen LogP contribution < -0.4 is 10.6 Å². The second-order valence-corrected chi connectivity index (χ2v) is 5.45. The lowest BCUT2D eigenvalue weighted by Gasteiger charge is -2.14. The zero-order valence-electron chi connectivity index (χ0n) is 12.6. The first-order valence-corrected chi connectivity index (χ1v) is 7.41. The maximum atomic E-state index is 13.4. The lowest BCUT2D eigenvalue weighted by Crippen LogP contribution is -2.19. The van der Waals surface area contributed by atoms with Crippen LogP contribution >= 0.6 is 11.6 Å². The fourth-order valence-electron chi connectivity index (χ4n) is 2.04. The Bertz CT molecular complexity index is 759. The third kappa shape index (κ3) is 5.06. The van der Waals surface area contributed by atoms with E-state index in [1.807, 2.05) is 0 Å². The van der Waals surface area contributed by atoms with Crippen molar-refractivity contribution < 1.29 is 26.7 Å². The van der Waals surface area contributed by atoms with Crippen LogP contribution in [-0.4, -0.2) is 12.5 Å². The van der Waals surface area contributed by atoms with E-state index < -0.39 is 40.7 Å². The smallest absolute Gasteiger partial charge is 0.380 e. The van der Waals surface area contributed by atoms with Gasteiger partial charge in [-0.2, -0.15) is 13.2 Å². The average Bonchev–Trinajstić information content (AvgIpc) is 2.51. The summed E-state index contributed by atoms with van der Waals surface area (Å²) in [4.78, 5) is 11.8. The minimum atomic E-state index is -4.69. The van der Waals surface area contributed by atoms with Crippen molar-refractivity contribution in [3.8, 4) is 0 Å². The summed E-state index contributed by atoms with van der Waals surface area (Å²) in [7, 11) is 0. The SMILES string of the molecule is O=C(CCNc1c(F)cccc1F)Nc1ccc(Cl)cc1C(F)(F)F. The molecule has 3 nitrogen and oxygen atoms in total. The van der Waals surface area contributed by atoms with Gasteiger partial charge in [-0.1, -0.05) is 17.7 Å². The highest BCUT2D eigenvalue weighted by Crippen LogP contribution is 2.36. The molecule has 0 aliphatic carbocycles. The van der Waals surface area contributed by atoms with Crippen LogP contribution in [0.4, 0.5) is 33.3 Å².